The second-order valence-corrected chi connectivity index (χ2v) is 9.09. The van der Waals surface area contributed by atoms with Gasteiger partial charge in [-0.3, -0.25) is 4.98 Å². The summed E-state index contributed by atoms with van der Waals surface area (Å²) in [6.07, 6.45) is 11.2. The third kappa shape index (κ3) is 4.74. The van der Waals surface area contributed by atoms with Crippen LogP contribution in [0.3, 0.4) is 0 Å². The molecular formula is C27H28FN3O3. The second kappa shape index (κ2) is 9.79. The first kappa shape index (κ1) is 22.3. The summed E-state index contributed by atoms with van der Waals surface area (Å²) < 4.78 is 24.3. The number of allylic oxidation sites excluding steroid dienone is 1. The van der Waals surface area contributed by atoms with Crippen molar-refractivity contribution >= 4 is 12.2 Å². The van der Waals surface area contributed by atoms with Crippen molar-refractivity contribution in [2.75, 3.05) is 6.61 Å². The van der Waals surface area contributed by atoms with E-state index < -0.39 is 0 Å². The molecule has 2 aliphatic carbocycles. The Bertz CT molecular complexity index is 1170. The van der Waals surface area contributed by atoms with Crippen LogP contribution in [0.2, 0.25) is 0 Å². The number of carbonyl (C=O) groups is 1. The lowest BCUT2D eigenvalue weighted by molar-refractivity contribution is 0.125. The van der Waals surface area contributed by atoms with E-state index in [2.05, 4.69) is 21.5 Å². The molecule has 2 aliphatic rings. The number of fused-ring (bicyclic) bond motifs is 2. The number of hydrogen-bond acceptors (Lipinski definition) is 5. The molecule has 0 bridgehead atoms. The van der Waals surface area contributed by atoms with E-state index in [0.29, 0.717) is 18.4 Å². The lowest BCUT2D eigenvalue weighted by Gasteiger charge is -2.41. The minimum Gasteiger partial charge on any atom is -0.450 e. The van der Waals surface area contributed by atoms with E-state index in [1.54, 1.807) is 12.3 Å². The monoisotopic (exact) mass is 461 g/mol. The molecule has 5 rings (SSSR count). The molecule has 0 unspecified atom stereocenters. The molecular weight excluding hydrogens is 433 g/mol. The zero-order chi connectivity index (χ0) is 23.5. The average Bonchev–Trinajstić information content (AvgIpc) is 3.30. The first-order valence-corrected chi connectivity index (χ1v) is 11.9. The summed E-state index contributed by atoms with van der Waals surface area (Å²) in [6, 6.07) is 10.5. The maximum Gasteiger partial charge on any atom is 0.407 e. The van der Waals surface area contributed by atoms with E-state index in [0.717, 1.165) is 53.8 Å². The van der Waals surface area contributed by atoms with Crippen molar-refractivity contribution in [2.24, 2.45) is 11.8 Å². The molecule has 1 amide bonds. The number of amides is 1. The molecule has 1 aromatic carbocycles. The number of halogens is 1. The van der Waals surface area contributed by atoms with E-state index in [1.165, 1.54) is 12.1 Å². The van der Waals surface area contributed by atoms with Crippen molar-refractivity contribution in [1.82, 2.24) is 15.5 Å². The first-order chi connectivity index (χ1) is 16.6. The van der Waals surface area contributed by atoms with E-state index in [4.69, 9.17) is 9.26 Å². The lowest BCUT2D eigenvalue weighted by Crippen LogP contribution is -2.43. The third-order valence-corrected chi connectivity index (χ3v) is 6.98. The van der Waals surface area contributed by atoms with Gasteiger partial charge in [0.05, 0.1) is 18.5 Å². The second-order valence-electron chi connectivity index (χ2n) is 9.09. The van der Waals surface area contributed by atoms with Crippen LogP contribution in [0.5, 0.6) is 0 Å². The van der Waals surface area contributed by atoms with Gasteiger partial charge >= 0.3 is 6.09 Å². The van der Waals surface area contributed by atoms with Crippen LogP contribution in [0.15, 0.2) is 59.4 Å². The van der Waals surface area contributed by atoms with Gasteiger partial charge in [-0.15, -0.1) is 0 Å². The molecule has 0 spiro atoms. The topological polar surface area (TPSA) is 77.2 Å². The standard InChI is InChI=1S/C27H28FN3O3/c1-2-33-27(32)31-23-9-10-24-19(14-23)12-20-16-30-34-26(20)25(24)11-8-22-7-6-18(15-29-22)17-4-3-5-21(28)13-17/h3-8,11,13,15-16,19,23-25H,2,9-10,12,14H2,1H3,(H,31,32)/b11-8+/t19-,23-,24-,25+/m1/s1. The molecule has 6 nitrogen and oxygen atoms in total. The number of carbonyl (C=O) groups excluding carboxylic acids is 1. The van der Waals surface area contributed by atoms with Crippen molar-refractivity contribution in [3.63, 3.8) is 0 Å². The van der Waals surface area contributed by atoms with Crippen LogP contribution in [-0.4, -0.2) is 28.9 Å². The highest BCUT2D eigenvalue weighted by Crippen LogP contribution is 2.47. The molecule has 1 saturated carbocycles. The zero-order valence-corrected chi connectivity index (χ0v) is 19.1. The number of nitrogens with zero attached hydrogens (tertiary/aromatic N) is 2. The summed E-state index contributed by atoms with van der Waals surface area (Å²) in [5.41, 5.74) is 3.65. The molecule has 7 heteroatoms. The van der Waals surface area contributed by atoms with Crippen LogP contribution in [0.1, 0.15) is 49.1 Å². The zero-order valence-electron chi connectivity index (χ0n) is 19.1. The van der Waals surface area contributed by atoms with Crippen LogP contribution in [0, 0.1) is 17.7 Å². The van der Waals surface area contributed by atoms with Gasteiger partial charge < -0.3 is 14.6 Å². The fraction of sp³-hybridized carbons (Fsp3) is 0.370. The fourth-order valence-electron chi connectivity index (χ4n) is 5.41. The molecule has 1 N–H and O–H groups in total. The number of nitrogens with one attached hydrogen (secondary N) is 1. The molecule has 0 saturated heterocycles. The average molecular weight is 462 g/mol. The molecule has 4 atom stereocenters. The van der Waals surface area contributed by atoms with E-state index >= 15 is 0 Å². The van der Waals surface area contributed by atoms with E-state index in [-0.39, 0.29) is 23.9 Å². The Labute approximate surface area is 198 Å². The maximum atomic E-state index is 13.5. The summed E-state index contributed by atoms with van der Waals surface area (Å²) in [4.78, 5) is 16.5. The minimum absolute atomic E-state index is 0.115. The number of rotatable bonds is 5. The number of aromatic nitrogens is 2. The number of benzene rings is 1. The summed E-state index contributed by atoms with van der Waals surface area (Å²) >= 11 is 0. The first-order valence-electron chi connectivity index (χ1n) is 11.9. The Morgan fingerprint density at radius 3 is 2.94 bits per heavy atom. The number of alkyl carbamates (subject to hydrolysis) is 1. The summed E-state index contributed by atoms with van der Waals surface area (Å²) in [7, 11) is 0. The van der Waals surface area contributed by atoms with Crippen molar-refractivity contribution in [2.45, 2.75) is 44.6 Å². The largest absolute Gasteiger partial charge is 0.450 e. The Kier molecular flexibility index (Phi) is 6.43. The Morgan fingerprint density at radius 2 is 2.15 bits per heavy atom. The van der Waals surface area contributed by atoms with Gasteiger partial charge in [-0.05, 0) is 74.3 Å². The Morgan fingerprint density at radius 1 is 1.24 bits per heavy atom. The molecule has 34 heavy (non-hydrogen) atoms. The van der Waals surface area contributed by atoms with Crippen LogP contribution in [0.25, 0.3) is 17.2 Å². The van der Waals surface area contributed by atoms with Gasteiger partial charge in [-0.25, -0.2) is 9.18 Å². The molecule has 1 fully saturated rings. The predicted octanol–water partition coefficient (Wildman–Crippen LogP) is 5.76. The predicted molar refractivity (Wildman–Crippen MR) is 126 cm³/mol. The van der Waals surface area contributed by atoms with Gasteiger partial charge in [0.25, 0.3) is 0 Å². The van der Waals surface area contributed by atoms with Gasteiger partial charge in [-0.2, -0.15) is 0 Å². The third-order valence-electron chi connectivity index (χ3n) is 6.98. The SMILES string of the molecule is CCOC(=O)N[C@@H]1CC[C@@H]2[C@H](Cc3cnoc3[C@H]2/C=C/c2ccc(-c3cccc(F)c3)cn2)C1. The minimum atomic E-state index is -0.336. The van der Waals surface area contributed by atoms with Gasteiger partial charge in [0.1, 0.15) is 11.6 Å². The van der Waals surface area contributed by atoms with Crippen LogP contribution >= 0.6 is 0 Å². The van der Waals surface area contributed by atoms with E-state index in [9.17, 15) is 9.18 Å². The summed E-state index contributed by atoms with van der Waals surface area (Å²) in [5.74, 6) is 1.65. The van der Waals surface area contributed by atoms with Crippen molar-refractivity contribution < 1.29 is 18.4 Å². The smallest absolute Gasteiger partial charge is 0.407 e. The molecule has 0 aliphatic heterocycles. The Hall–Kier alpha value is -3.48. The van der Waals surface area contributed by atoms with Crippen LogP contribution in [0.4, 0.5) is 9.18 Å². The number of ether oxygens (including phenoxy) is 1. The molecule has 0 radical (unpaired) electrons. The van der Waals surface area contributed by atoms with Crippen molar-refractivity contribution in [1.29, 1.82) is 0 Å². The van der Waals surface area contributed by atoms with Crippen LogP contribution < -0.4 is 5.32 Å². The maximum absolute atomic E-state index is 13.5. The molecule has 2 aromatic heterocycles. The van der Waals surface area contributed by atoms with Gasteiger partial charge in [-0.1, -0.05) is 29.4 Å². The summed E-state index contributed by atoms with van der Waals surface area (Å²) in [6.45, 7) is 2.19. The van der Waals surface area contributed by atoms with Crippen molar-refractivity contribution in [3.05, 3.63) is 77.7 Å². The summed E-state index contributed by atoms with van der Waals surface area (Å²) in [5, 5.41) is 7.08. The quantitative estimate of drug-likeness (QED) is 0.523. The van der Waals surface area contributed by atoms with Gasteiger partial charge in [0.15, 0.2) is 0 Å². The molecule has 2 heterocycles. The van der Waals surface area contributed by atoms with E-state index in [1.807, 2.05) is 37.4 Å². The highest BCUT2D eigenvalue weighted by Gasteiger charge is 2.42. The molecule has 176 valence electrons. The molecule has 3 aromatic rings. The van der Waals surface area contributed by atoms with Gasteiger partial charge in [0, 0.05) is 29.3 Å². The fourth-order valence-corrected chi connectivity index (χ4v) is 5.41. The lowest BCUT2D eigenvalue weighted by atomic mass is 9.64. The Balaban J connectivity index is 1.32. The van der Waals surface area contributed by atoms with Gasteiger partial charge in [0.2, 0.25) is 0 Å². The number of pyridine rings is 1. The number of hydrogen-bond donors (Lipinski definition) is 1. The van der Waals surface area contributed by atoms with Crippen molar-refractivity contribution in [3.8, 4) is 11.1 Å². The highest BCUT2D eigenvalue weighted by molar-refractivity contribution is 5.67. The highest BCUT2D eigenvalue weighted by atomic mass is 19.1. The van der Waals surface area contributed by atoms with Crippen LogP contribution in [-0.2, 0) is 11.2 Å². The normalized spacial score (nSPS) is 23.8.